The lowest BCUT2D eigenvalue weighted by Crippen LogP contribution is -2.28. The molecule has 0 saturated carbocycles. The fourth-order valence-corrected chi connectivity index (χ4v) is 4.81. The molecule has 0 N–H and O–H groups in total. The van der Waals surface area contributed by atoms with E-state index in [1.165, 1.54) is 6.04 Å². The Morgan fingerprint density at radius 2 is 1.73 bits per heavy atom. The van der Waals surface area contributed by atoms with Crippen LogP contribution in [0, 0.1) is 10.1 Å². The Bertz CT molecular complexity index is 507. The fourth-order valence-electron chi connectivity index (χ4n) is 2.45. The van der Waals surface area contributed by atoms with Crippen LogP contribution in [-0.4, -0.2) is 21.3 Å². The van der Waals surface area contributed by atoms with Crippen molar-refractivity contribution in [3.63, 3.8) is 0 Å². The fraction of sp³-hybridized carbons (Fsp3) is 0.625. The van der Waals surface area contributed by atoms with Crippen LogP contribution in [0.3, 0.4) is 0 Å². The van der Waals surface area contributed by atoms with Crippen molar-refractivity contribution in [2.75, 3.05) is 0 Å². The Kier molecular flexibility index (Phi) is 6.52. The number of hydrogen-bond donors (Lipinski definition) is 0. The molecule has 1 rings (SSSR count). The van der Waals surface area contributed by atoms with E-state index in [9.17, 15) is 10.1 Å². The predicted molar refractivity (Wildman–Crippen MR) is 97.7 cm³/mol. The summed E-state index contributed by atoms with van der Waals surface area (Å²) in [5.74, 6) is 0. The smallest absolute Gasteiger partial charge is 0.275 e. The summed E-state index contributed by atoms with van der Waals surface area (Å²) in [6, 6.07) is 8.22. The average Bonchev–Trinajstić information content (AvgIpc) is 2.34. The van der Waals surface area contributed by atoms with Gasteiger partial charge in [-0.1, -0.05) is 44.2 Å². The van der Waals surface area contributed by atoms with Crippen LogP contribution < -0.4 is 0 Å². The van der Waals surface area contributed by atoms with Gasteiger partial charge in [0.1, 0.15) is 0 Å². The first-order chi connectivity index (χ1) is 9.99. The van der Waals surface area contributed by atoms with Crippen molar-refractivity contribution in [3.8, 4) is 0 Å². The second kappa shape index (κ2) is 7.52. The molecule has 1 aromatic rings. The molecule has 0 aliphatic carbocycles. The Morgan fingerprint density at radius 3 is 2.23 bits per heavy atom. The van der Waals surface area contributed by atoms with Gasteiger partial charge < -0.3 is 4.43 Å². The molecule has 0 bridgehead atoms. The lowest BCUT2D eigenvalue weighted by molar-refractivity contribution is -0.386. The minimum atomic E-state index is -1.77. The quantitative estimate of drug-likeness (QED) is 0.351. The summed E-state index contributed by atoms with van der Waals surface area (Å²) in [7, 11) is -2.87. The van der Waals surface area contributed by atoms with Crippen molar-refractivity contribution >= 4 is 22.1 Å². The first-order valence-electron chi connectivity index (χ1n) is 7.91. The number of benzene rings is 1. The van der Waals surface area contributed by atoms with Crippen LogP contribution in [-0.2, 0) is 4.43 Å². The maximum atomic E-state index is 11.3. The third-order valence-corrected chi connectivity index (χ3v) is 6.21. The van der Waals surface area contributed by atoms with E-state index in [1.807, 2.05) is 12.1 Å². The number of nitro groups is 1. The first kappa shape index (κ1) is 19.1. The van der Waals surface area contributed by atoms with Crippen LogP contribution in [0.1, 0.15) is 24.5 Å². The van der Waals surface area contributed by atoms with Crippen molar-refractivity contribution in [1.29, 1.82) is 0 Å². The molecule has 0 amide bonds. The molecular formula is C16H29NO3Si2. The van der Waals surface area contributed by atoms with Gasteiger partial charge in [-0.15, -0.1) is 0 Å². The monoisotopic (exact) mass is 339 g/mol. The van der Waals surface area contributed by atoms with E-state index < -0.39 is 16.4 Å². The lowest BCUT2D eigenvalue weighted by Gasteiger charge is -2.27. The van der Waals surface area contributed by atoms with Crippen LogP contribution in [0.25, 0.3) is 0 Å². The summed E-state index contributed by atoms with van der Waals surface area (Å²) in [6.07, 6.45) is 1.76. The molecule has 0 aliphatic heterocycles. The molecule has 0 aliphatic rings. The number of nitro benzene ring substituents is 1. The highest BCUT2D eigenvalue weighted by molar-refractivity contribution is 6.76. The summed E-state index contributed by atoms with van der Waals surface area (Å²) in [5, 5.41) is 11.3. The molecule has 1 aromatic carbocycles. The molecular weight excluding hydrogens is 310 g/mol. The van der Waals surface area contributed by atoms with Gasteiger partial charge in [-0.05, 0) is 32.1 Å². The largest absolute Gasteiger partial charge is 0.410 e. The first-order valence-corrected chi connectivity index (χ1v) is 15.0. The second-order valence-corrected chi connectivity index (χ2v) is 18.1. The molecule has 4 nitrogen and oxygen atoms in total. The van der Waals surface area contributed by atoms with Gasteiger partial charge in [-0.2, -0.15) is 0 Å². The number of para-hydroxylation sites is 1. The van der Waals surface area contributed by atoms with Crippen molar-refractivity contribution in [3.05, 3.63) is 39.9 Å². The Hall–Kier alpha value is -0.986. The lowest BCUT2D eigenvalue weighted by atomic mass is 10.0. The molecule has 0 saturated heterocycles. The predicted octanol–water partition coefficient (Wildman–Crippen LogP) is 5.61. The minimum Gasteiger partial charge on any atom is -0.410 e. The maximum absolute atomic E-state index is 11.3. The highest BCUT2D eigenvalue weighted by Crippen LogP contribution is 2.34. The van der Waals surface area contributed by atoms with Crippen molar-refractivity contribution < 1.29 is 9.35 Å². The molecule has 0 aromatic heterocycles. The van der Waals surface area contributed by atoms with Gasteiger partial charge in [0.15, 0.2) is 8.32 Å². The van der Waals surface area contributed by atoms with E-state index in [2.05, 4.69) is 39.3 Å². The second-order valence-electron chi connectivity index (χ2n) is 7.99. The van der Waals surface area contributed by atoms with Crippen LogP contribution in [0.15, 0.2) is 24.3 Å². The van der Waals surface area contributed by atoms with Crippen molar-refractivity contribution in [2.45, 2.75) is 64.3 Å². The van der Waals surface area contributed by atoms with Crippen molar-refractivity contribution in [2.24, 2.45) is 0 Å². The number of nitrogens with zero attached hydrogens (tertiary/aromatic N) is 1. The van der Waals surface area contributed by atoms with E-state index >= 15 is 0 Å². The molecule has 0 fully saturated rings. The van der Waals surface area contributed by atoms with Gasteiger partial charge in [-0.25, -0.2) is 0 Å². The van der Waals surface area contributed by atoms with E-state index in [1.54, 1.807) is 12.1 Å². The summed E-state index contributed by atoms with van der Waals surface area (Å²) >= 11 is 0. The molecule has 0 radical (unpaired) electrons. The molecule has 1 atom stereocenters. The summed E-state index contributed by atoms with van der Waals surface area (Å²) < 4.78 is 6.28. The van der Waals surface area contributed by atoms with E-state index in [-0.39, 0.29) is 16.7 Å². The van der Waals surface area contributed by atoms with Crippen LogP contribution in [0.4, 0.5) is 5.69 Å². The Balaban J connectivity index is 2.98. The van der Waals surface area contributed by atoms with Gasteiger partial charge in [0.2, 0.25) is 0 Å². The minimum absolute atomic E-state index is 0.162. The summed E-state index contributed by atoms with van der Waals surface area (Å²) in [6.45, 7) is 13.5. The van der Waals surface area contributed by atoms with Crippen molar-refractivity contribution in [1.82, 2.24) is 0 Å². The number of hydrogen-bond acceptors (Lipinski definition) is 3. The standard InChI is InChI=1S/C16H29NO3Si2/c1-21(2,3)13-9-12-16(20-22(4,5)6)14-10-7-8-11-15(14)17(18)19/h7-8,10-11,16H,9,12-13H2,1-6H3. The van der Waals surface area contributed by atoms with Gasteiger partial charge in [-0.3, -0.25) is 10.1 Å². The summed E-state index contributed by atoms with van der Waals surface area (Å²) in [4.78, 5) is 11.0. The zero-order valence-corrected chi connectivity index (χ0v) is 16.7. The van der Waals surface area contributed by atoms with Gasteiger partial charge in [0.05, 0.1) is 16.6 Å². The third-order valence-electron chi connectivity index (χ3n) is 3.37. The highest BCUT2D eigenvalue weighted by atomic mass is 28.4. The Morgan fingerprint density at radius 1 is 1.14 bits per heavy atom. The van der Waals surface area contributed by atoms with E-state index in [0.717, 1.165) is 18.4 Å². The Labute approximate surface area is 136 Å². The van der Waals surface area contributed by atoms with Gasteiger partial charge in [0.25, 0.3) is 5.69 Å². The molecule has 124 valence electrons. The van der Waals surface area contributed by atoms with Crippen LogP contribution >= 0.6 is 0 Å². The van der Waals surface area contributed by atoms with E-state index in [0.29, 0.717) is 0 Å². The SMILES string of the molecule is C[Si](C)(C)CCCC(O[Si](C)(C)C)c1ccccc1[N+](=O)[O-]. The summed E-state index contributed by atoms with van der Waals surface area (Å²) in [5.41, 5.74) is 0.907. The molecule has 6 heteroatoms. The number of rotatable bonds is 8. The average molecular weight is 340 g/mol. The van der Waals surface area contributed by atoms with Crippen LogP contribution in [0.2, 0.25) is 45.3 Å². The zero-order valence-electron chi connectivity index (χ0n) is 14.7. The molecule has 1 unspecified atom stereocenters. The molecule has 0 heterocycles. The molecule has 0 spiro atoms. The molecule has 22 heavy (non-hydrogen) atoms. The maximum Gasteiger partial charge on any atom is 0.275 e. The van der Waals surface area contributed by atoms with Gasteiger partial charge in [0, 0.05) is 14.1 Å². The topological polar surface area (TPSA) is 52.4 Å². The van der Waals surface area contributed by atoms with E-state index in [4.69, 9.17) is 4.43 Å². The third kappa shape index (κ3) is 6.85. The highest BCUT2D eigenvalue weighted by Gasteiger charge is 2.27. The van der Waals surface area contributed by atoms with Crippen LogP contribution in [0.5, 0.6) is 0 Å². The van der Waals surface area contributed by atoms with Gasteiger partial charge >= 0.3 is 0 Å². The zero-order chi connectivity index (χ0) is 17.0. The normalized spacial score (nSPS) is 13.9.